The number of rotatable bonds is 6. The number of fused-ring (bicyclic) bond motifs is 1. The Morgan fingerprint density at radius 2 is 1.94 bits per heavy atom. The van der Waals surface area contributed by atoms with Crippen LogP contribution in [0.25, 0.3) is 11.3 Å². The van der Waals surface area contributed by atoms with E-state index in [1.54, 1.807) is 0 Å². The third-order valence-electron chi connectivity index (χ3n) is 5.69. The molecule has 0 atom stereocenters. The van der Waals surface area contributed by atoms with Gasteiger partial charge in [0.1, 0.15) is 0 Å². The average molecular weight is 453 g/mol. The highest BCUT2D eigenvalue weighted by Crippen LogP contribution is 2.32. The Bertz CT molecular complexity index is 1230. The average Bonchev–Trinajstić information content (AvgIpc) is 2.78. The maximum atomic E-state index is 11.9. The van der Waals surface area contributed by atoms with Crippen molar-refractivity contribution in [2.45, 2.75) is 19.5 Å². The quantitative estimate of drug-likeness (QED) is 0.592. The topological polar surface area (TPSA) is 104 Å². The largest absolute Gasteiger partial charge is 0.361 e. The van der Waals surface area contributed by atoms with Crippen LogP contribution in [0.5, 0.6) is 0 Å². The van der Waals surface area contributed by atoms with Crippen molar-refractivity contribution in [3.8, 4) is 11.3 Å². The van der Waals surface area contributed by atoms with Gasteiger partial charge < -0.3 is 16.0 Å². The summed E-state index contributed by atoms with van der Waals surface area (Å²) < 4.78 is 25.4. The third-order valence-corrected chi connectivity index (χ3v) is 6.94. The summed E-state index contributed by atoms with van der Waals surface area (Å²) in [5.41, 5.74) is 12.7. The summed E-state index contributed by atoms with van der Waals surface area (Å²) in [6, 6.07) is 15.9. The van der Waals surface area contributed by atoms with Gasteiger partial charge >= 0.3 is 0 Å². The second-order valence-corrected chi connectivity index (χ2v) is 10.1. The second-order valence-electron chi connectivity index (χ2n) is 8.16. The van der Waals surface area contributed by atoms with Gasteiger partial charge in [-0.15, -0.1) is 10.2 Å². The first kappa shape index (κ1) is 22.2. The molecule has 9 heteroatoms. The molecule has 3 aromatic rings. The van der Waals surface area contributed by atoms with Crippen molar-refractivity contribution in [3.63, 3.8) is 0 Å². The summed E-state index contributed by atoms with van der Waals surface area (Å²) in [6.45, 7) is 1.28. The second kappa shape index (κ2) is 8.85. The maximum absolute atomic E-state index is 11.9. The Kier molecular flexibility index (Phi) is 6.14. The summed E-state index contributed by atoms with van der Waals surface area (Å²) in [5, 5.41) is 12.2. The molecule has 0 aliphatic carbocycles. The molecular formula is C23H28N6O2S. The van der Waals surface area contributed by atoms with Gasteiger partial charge in [0, 0.05) is 50.7 Å². The van der Waals surface area contributed by atoms with Crippen LogP contribution in [-0.4, -0.2) is 49.8 Å². The van der Waals surface area contributed by atoms with Crippen molar-refractivity contribution in [2.24, 2.45) is 5.73 Å². The Balaban J connectivity index is 1.64. The molecule has 2 aromatic carbocycles. The van der Waals surface area contributed by atoms with Crippen LogP contribution in [0.3, 0.4) is 0 Å². The van der Waals surface area contributed by atoms with Gasteiger partial charge in [0.15, 0.2) is 5.82 Å². The van der Waals surface area contributed by atoms with E-state index in [1.165, 1.54) is 10.6 Å². The lowest BCUT2D eigenvalue weighted by atomic mass is 9.98. The zero-order chi connectivity index (χ0) is 22.9. The molecule has 0 radical (unpaired) electrons. The van der Waals surface area contributed by atoms with Crippen LogP contribution < -0.4 is 16.0 Å². The predicted molar refractivity (Wildman–Crippen MR) is 128 cm³/mol. The van der Waals surface area contributed by atoms with E-state index in [2.05, 4.69) is 15.5 Å². The molecule has 32 heavy (non-hydrogen) atoms. The van der Waals surface area contributed by atoms with Gasteiger partial charge in [-0.3, -0.25) is 0 Å². The van der Waals surface area contributed by atoms with Crippen LogP contribution in [0, 0.1) is 0 Å². The van der Waals surface area contributed by atoms with E-state index in [4.69, 9.17) is 5.73 Å². The highest BCUT2D eigenvalue weighted by atomic mass is 32.2. The zero-order valence-corrected chi connectivity index (χ0v) is 19.4. The van der Waals surface area contributed by atoms with Crippen LogP contribution in [0.4, 0.5) is 17.2 Å². The molecule has 3 N–H and O–H groups in total. The molecule has 0 saturated heterocycles. The van der Waals surface area contributed by atoms with Crippen LogP contribution in [0.15, 0.2) is 48.5 Å². The molecule has 168 valence electrons. The van der Waals surface area contributed by atoms with E-state index in [0.29, 0.717) is 26.1 Å². The molecule has 0 unspecified atom stereocenters. The summed E-state index contributed by atoms with van der Waals surface area (Å²) in [7, 11) is 0.644. The van der Waals surface area contributed by atoms with Crippen LogP contribution >= 0.6 is 0 Å². The highest BCUT2D eigenvalue weighted by molar-refractivity contribution is 7.88. The van der Waals surface area contributed by atoms with Gasteiger partial charge in [0.05, 0.1) is 11.9 Å². The predicted octanol–water partition coefficient (Wildman–Crippen LogP) is 2.73. The molecule has 0 spiro atoms. The summed E-state index contributed by atoms with van der Waals surface area (Å²) in [4.78, 5) is 1.90. The van der Waals surface area contributed by atoms with Crippen molar-refractivity contribution >= 4 is 27.2 Å². The zero-order valence-electron chi connectivity index (χ0n) is 18.5. The number of aromatic nitrogens is 2. The molecule has 4 rings (SSSR count). The summed E-state index contributed by atoms with van der Waals surface area (Å²) in [6.07, 6.45) is 1.92. The molecule has 1 aliphatic rings. The standard InChI is InChI=1S/C23H28N6O2S/c1-28(2)23-10-9-22(26-27-23)20-13-18(8-7-16(20)14-24)25-21-6-4-5-17-15-29(32(3,30)31)12-11-19(17)21/h4-10,13,25H,11-12,14-15,24H2,1-3H3. The van der Waals surface area contributed by atoms with E-state index in [1.807, 2.05) is 67.5 Å². The van der Waals surface area contributed by atoms with Crippen LogP contribution in [-0.2, 0) is 29.5 Å². The Hall–Kier alpha value is -3.01. The molecule has 2 heterocycles. The normalized spacial score (nSPS) is 14.1. The van der Waals surface area contributed by atoms with E-state index in [-0.39, 0.29) is 0 Å². The first-order chi connectivity index (χ1) is 15.3. The lowest BCUT2D eigenvalue weighted by molar-refractivity contribution is 0.395. The first-order valence-corrected chi connectivity index (χ1v) is 12.3. The number of nitrogens with two attached hydrogens (primary N) is 1. The monoisotopic (exact) mass is 452 g/mol. The molecule has 0 bridgehead atoms. The number of nitrogens with zero attached hydrogens (tertiary/aromatic N) is 4. The minimum Gasteiger partial charge on any atom is -0.361 e. The summed E-state index contributed by atoms with van der Waals surface area (Å²) in [5.74, 6) is 0.788. The van der Waals surface area contributed by atoms with Gasteiger partial charge in [-0.1, -0.05) is 18.2 Å². The Morgan fingerprint density at radius 1 is 1.12 bits per heavy atom. The van der Waals surface area contributed by atoms with Gasteiger partial charge in [-0.2, -0.15) is 4.31 Å². The number of sulfonamides is 1. The van der Waals surface area contributed by atoms with Crippen LogP contribution in [0.2, 0.25) is 0 Å². The first-order valence-electron chi connectivity index (χ1n) is 10.4. The Morgan fingerprint density at radius 3 is 2.59 bits per heavy atom. The molecule has 0 amide bonds. The van der Waals surface area contributed by atoms with E-state index >= 15 is 0 Å². The van der Waals surface area contributed by atoms with Crippen molar-refractivity contribution in [1.82, 2.24) is 14.5 Å². The fourth-order valence-corrected chi connectivity index (χ4v) is 4.71. The smallest absolute Gasteiger partial charge is 0.211 e. The number of hydrogen-bond donors (Lipinski definition) is 2. The van der Waals surface area contributed by atoms with Crippen molar-refractivity contribution < 1.29 is 8.42 Å². The van der Waals surface area contributed by atoms with Crippen molar-refractivity contribution in [1.29, 1.82) is 0 Å². The Labute approximate surface area is 189 Å². The minimum absolute atomic E-state index is 0.398. The number of anilines is 3. The maximum Gasteiger partial charge on any atom is 0.211 e. The molecular weight excluding hydrogens is 424 g/mol. The molecule has 0 saturated carbocycles. The lowest BCUT2D eigenvalue weighted by Gasteiger charge is -2.28. The van der Waals surface area contributed by atoms with Crippen molar-refractivity contribution in [2.75, 3.05) is 37.1 Å². The summed E-state index contributed by atoms with van der Waals surface area (Å²) >= 11 is 0. The van der Waals surface area contributed by atoms with E-state index in [0.717, 1.165) is 45.1 Å². The third kappa shape index (κ3) is 4.59. The fraction of sp³-hybridized carbons (Fsp3) is 0.304. The van der Waals surface area contributed by atoms with Crippen molar-refractivity contribution in [3.05, 3.63) is 65.2 Å². The molecule has 1 aromatic heterocycles. The number of nitrogens with one attached hydrogen (secondary N) is 1. The van der Waals surface area contributed by atoms with E-state index < -0.39 is 10.0 Å². The number of hydrogen-bond acceptors (Lipinski definition) is 7. The minimum atomic E-state index is -3.21. The van der Waals surface area contributed by atoms with E-state index in [9.17, 15) is 8.42 Å². The number of benzene rings is 2. The SMILES string of the molecule is CN(C)c1ccc(-c2cc(Nc3cccc4c3CCN(S(C)(=O)=O)C4)ccc2CN)nn1. The fourth-order valence-electron chi connectivity index (χ4n) is 3.92. The lowest BCUT2D eigenvalue weighted by Crippen LogP contribution is -2.35. The van der Waals surface area contributed by atoms with Gasteiger partial charge in [-0.05, 0) is 53.4 Å². The van der Waals surface area contributed by atoms with Gasteiger partial charge in [-0.25, -0.2) is 8.42 Å². The molecule has 0 fully saturated rings. The van der Waals surface area contributed by atoms with Crippen LogP contribution in [0.1, 0.15) is 16.7 Å². The van der Waals surface area contributed by atoms with Gasteiger partial charge in [0.2, 0.25) is 10.0 Å². The molecule has 1 aliphatic heterocycles. The highest BCUT2D eigenvalue weighted by Gasteiger charge is 2.24. The van der Waals surface area contributed by atoms with Gasteiger partial charge in [0.25, 0.3) is 0 Å². The molecule has 8 nitrogen and oxygen atoms in total.